The highest BCUT2D eigenvalue weighted by Gasteiger charge is 2.48. The van der Waals surface area contributed by atoms with Crippen LogP contribution < -0.4 is 0 Å². The van der Waals surface area contributed by atoms with Crippen LogP contribution in [0.4, 0.5) is 4.39 Å². The molecule has 0 saturated heterocycles. The van der Waals surface area contributed by atoms with Crippen molar-refractivity contribution >= 4 is 17.3 Å². The van der Waals surface area contributed by atoms with E-state index in [1.54, 1.807) is 12.1 Å². The quantitative estimate of drug-likeness (QED) is 0.776. The minimum absolute atomic E-state index is 0.00130. The Morgan fingerprint density at radius 1 is 0.885 bits per heavy atom. The minimum atomic E-state index is -0.501. The summed E-state index contributed by atoms with van der Waals surface area (Å²) in [7, 11) is 0. The monoisotopic (exact) mass is 345 g/mol. The van der Waals surface area contributed by atoms with Crippen LogP contribution in [0, 0.1) is 11.7 Å². The normalized spacial score (nSPS) is 24.1. The lowest BCUT2D eigenvalue weighted by atomic mass is 9.71. The molecule has 0 saturated carbocycles. The van der Waals surface area contributed by atoms with Gasteiger partial charge in [-0.05, 0) is 30.5 Å². The van der Waals surface area contributed by atoms with Crippen LogP contribution in [0.25, 0.3) is 0 Å². The number of benzene rings is 2. The van der Waals surface area contributed by atoms with Gasteiger partial charge >= 0.3 is 0 Å². The highest BCUT2D eigenvalue weighted by atomic mass is 19.1. The van der Waals surface area contributed by atoms with Crippen molar-refractivity contribution < 1.29 is 14.0 Å². The van der Waals surface area contributed by atoms with Crippen molar-refractivity contribution in [2.24, 2.45) is 10.9 Å². The SMILES string of the molecule is O=C1CCCC2=C1C(c1ccc(F)cc1)C1C(=O)c3ccccc3C1=N2. The molecule has 1 aliphatic heterocycles. The standard InChI is InChI=1S/C22H16FNO2/c23-13-10-8-12(9-11-13)18-19-16(6-3-7-17(19)25)24-21-14-4-1-2-5-15(14)22(26)20(18)21/h1-2,4-5,8-11,18,20H,3,6-7H2. The zero-order valence-corrected chi connectivity index (χ0v) is 14.0. The van der Waals surface area contributed by atoms with Gasteiger partial charge in [-0.15, -0.1) is 0 Å². The average Bonchev–Trinajstić information content (AvgIpc) is 2.94. The van der Waals surface area contributed by atoms with Crippen molar-refractivity contribution in [2.45, 2.75) is 25.2 Å². The van der Waals surface area contributed by atoms with E-state index in [4.69, 9.17) is 4.99 Å². The molecule has 2 aliphatic carbocycles. The highest BCUT2D eigenvalue weighted by Crippen LogP contribution is 2.48. The van der Waals surface area contributed by atoms with Crippen LogP contribution in [0.15, 0.2) is 64.8 Å². The van der Waals surface area contributed by atoms with E-state index in [1.807, 2.05) is 24.3 Å². The Morgan fingerprint density at radius 3 is 2.38 bits per heavy atom. The molecule has 128 valence electrons. The number of carbonyl (C=O) groups excluding carboxylic acids is 2. The number of ketones is 2. The number of Topliss-reactive ketones (excluding diaryl/α,β-unsaturated/α-hetero) is 2. The molecule has 2 aromatic rings. The fraction of sp³-hybridized carbons (Fsp3) is 0.227. The third kappa shape index (κ3) is 2.08. The van der Waals surface area contributed by atoms with Crippen LogP contribution in [-0.2, 0) is 4.79 Å². The molecule has 0 aromatic heterocycles. The predicted molar refractivity (Wildman–Crippen MR) is 95.8 cm³/mol. The maximum absolute atomic E-state index is 13.5. The second-order valence-corrected chi connectivity index (χ2v) is 7.05. The molecule has 0 fully saturated rings. The summed E-state index contributed by atoms with van der Waals surface area (Å²) in [5.41, 5.74) is 4.53. The van der Waals surface area contributed by atoms with Crippen molar-refractivity contribution in [3.63, 3.8) is 0 Å². The molecule has 1 heterocycles. The van der Waals surface area contributed by atoms with Gasteiger partial charge in [-0.3, -0.25) is 14.6 Å². The van der Waals surface area contributed by atoms with Crippen molar-refractivity contribution in [1.29, 1.82) is 0 Å². The molecule has 2 atom stereocenters. The fourth-order valence-corrected chi connectivity index (χ4v) is 4.48. The van der Waals surface area contributed by atoms with Crippen molar-refractivity contribution in [2.75, 3.05) is 0 Å². The van der Waals surface area contributed by atoms with Gasteiger partial charge in [-0.2, -0.15) is 0 Å². The minimum Gasteiger partial charge on any atom is -0.294 e. The Hall–Kier alpha value is -2.88. The topological polar surface area (TPSA) is 46.5 Å². The van der Waals surface area contributed by atoms with Crippen molar-refractivity contribution in [3.8, 4) is 0 Å². The smallest absolute Gasteiger partial charge is 0.173 e. The number of nitrogens with zero attached hydrogens (tertiary/aromatic N) is 1. The van der Waals surface area contributed by atoms with Crippen LogP contribution in [0.3, 0.4) is 0 Å². The molecule has 3 nitrogen and oxygen atoms in total. The Labute approximate surface area is 150 Å². The second kappa shape index (κ2) is 5.56. The average molecular weight is 345 g/mol. The number of hydrogen-bond donors (Lipinski definition) is 0. The molecule has 3 aliphatic rings. The summed E-state index contributed by atoms with van der Waals surface area (Å²) >= 11 is 0. The molecule has 0 bridgehead atoms. The molecule has 0 amide bonds. The van der Waals surface area contributed by atoms with Crippen LogP contribution in [0.2, 0.25) is 0 Å². The van der Waals surface area contributed by atoms with Crippen LogP contribution >= 0.6 is 0 Å². The number of halogens is 1. The van der Waals surface area contributed by atoms with E-state index < -0.39 is 5.92 Å². The lowest BCUT2D eigenvalue weighted by Crippen LogP contribution is -2.33. The van der Waals surface area contributed by atoms with Crippen LogP contribution in [-0.4, -0.2) is 17.3 Å². The Balaban J connectivity index is 1.76. The van der Waals surface area contributed by atoms with Crippen molar-refractivity contribution in [3.05, 3.63) is 82.3 Å². The van der Waals surface area contributed by atoms with E-state index in [0.717, 1.165) is 35.4 Å². The van der Waals surface area contributed by atoms with Gasteiger partial charge in [0.1, 0.15) is 5.82 Å². The maximum Gasteiger partial charge on any atom is 0.173 e. The van der Waals surface area contributed by atoms with Gasteiger partial charge in [-0.25, -0.2) is 4.39 Å². The molecule has 4 heteroatoms. The van der Waals surface area contributed by atoms with E-state index in [2.05, 4.69) is 0 Å². The molecule has 0 spiro atoms. The predicted octanol–water partition coefficient (Wildman–Crippen LogP) is 4.23. The fourth-order valence-electron chi connectivity index (χ4n) is 4.48. The van der Waals surface area contributed by atoms with Gasteiger partial charge in [0.2, 0.25) is 0 Å². The van der Waals surface area contributed by atoms with Gasteiger partial charge in [0.25, 0.3) is 0 Å². The zero-order valence-electron chi connectivity index (χ0n) is 14.0. The molecule has 5 rings (SSSR count). The van der Waals surface area contributed by atoms with Crippen LogP contribution in [0.1, 0.15) is 46.7 Å². The summed E-state index contributed by atoms with van der Waals surface area (Å²) in [6, 6.07) is 13.6. The first kappa shape index (κ1) is 15.4. The summed E-state index contributed by atoms with van der Waals surface area (Å²) in [6.45, 7) is 0. The summed E-state index contributed by atoms with van der Waals surface area (Å²) in [4.78, 5) is 30.7. The molecule has 26 heavy (non-hydrogen) atoms. The lowest BCUT2D eigenvalue weighted by molar-refractivity contribution is -0.116. The number of carbonyl (C=O) groups is 2. The number of allylic oxidation sites excluding steroid dienone is 2. The molecular weight excluding hydrogens is 329 g/mol. The van der Waals surface area contributed by atoms with E-state index in [-0.39, 0.29) is 23.3 Å². The zero-order chi connectivity index (χ0) is 17.8. The summed E-state index contributed by atoms with van der Waals surface area (Å²) in [5, 5.41) is 0. The first-order valence-electron chi connectivity index (χ1n) is 8.89. The van der Waals surface area contributed by atoms with E-state index in [0.29, 0.717) is 17.6 Å². The van der Waals surface area contributed by atoms with Gasteiger partial charge in [0.05, 0.1) is 11.6 Å². The Bertz CT molecular complexity index is 1020. The molecule has 0 N–H and O–H groups in total. The molecule has 2 unspecified atom stereocenters. The maximum atomic E-state index is 13.5. The molecule has 2 aromatic carbocycles. The van der Waals surface area contributed by atoms with Gasteiger partial charge in [0, 0.05) is 34.7 Å². The molecule has 0 radical (unpaired) electrons. The van der Waals surface area contributed by atoms with Gasteiger partial charge < -0.3 is 0 Å². The third-order valence-corrected chi connectivity index (χ3v) is 5.60. The van der Waals surface area contributed by atoms with Gasteiger partial charge in [-0.1, -0.05) is 36.4 Å². The Kier molecular flexibility index (Phi) is 3.29. The number of aliphatic imine (C=N–C) groups is 1. The summed E-state index contributed by atoms with van der Waals surface area (Å²) in [6.07, 6.45) is 2.01. The molecular formula is C22H16FNO2. The van der Waals surface area contributed by atoms with Crippen molar-refractivity contribution in [1.82, 2.24) is 0 Å². The Morgan fingerprint density at radius 2 is 1.62 bits per heavy atom. The largest absolute Gasteiger partial charge is 0.294 e. The summed E-state index contributed by atoms with van der Waals surface area (Å²) in [5.74, 6) is -1.15. The first-order chi connectivity index (χ1) is 12.6. The summed E-state index contributed by atoms with van der Waals surface area (Å²) < 4.78 is 13.5. The van der Waals surface area contributed by atoms with E-state index in [1.165, 1.54) is 12.1 Å². The third-order valence-electron chi connectivity index (χ3n) is 5.60. The van der Waals surface area contributed by atoms with E-state index >= 15 is 0 Å². The van der Waals surface area contributed by atoms with Gasteiger partial charge in [0.15, 0.2) is 11.6 Å². The number of fused-ring (bicyclic) bond motifs is 3. The highest BCUT2D eigenvalue weighted by molar-refractivity contribution is 6.30. The second-order valence-electron chi connectivity index (χ2n) is 7.05. The van der Waals surface area contributed by atoms with Crippen LogP contribution in [0.5, 0.6) is 0 Å². The number of rotatable bonds is 1. The number of hydrogen-bond acceptors (Lipinski definition) is 3. The lowest BCUT2D eigenvalue weighted by Gasteiger charge is -2.33. The first-order valence-corrected chi connectivity index (χ1v) is 8.89. The van der Waals surface area contributed by atoms with E-state index in [9.17, 15) is 14.0 Å².